The van der Waals surface area contributed by atoms with E-state index in [1.807, 2.05) is 11.8 Å². The van der Waals surface area contributed by atoms with Gasteiger partial charge in [-0.1, -0.05) is 13.3 Å². The molecule has 0 radical (unpaired) electrons. The number of nitrogens with zero attached hydrogens (tertiary/aromatic N) is 2. The summed E-state index contributed by atoms with van der Waals surface area (Å²) in [5.74, 6) is 2.17. The number of guanidine groups is 1. The van der Waals surface area contributed by atoms with Crippen LogP contribution < -0.4 is 5.32 Å². The number of thioether (sulfide) groups is 1. The third-order valence-electron chi connectivity index (χ3n) is 3.57. The normalized spacial score (nSPS) is 17.5. The molecule has 1 N–H and O–H groups in total. The third kappa shape index (κ3) is 11.0. The van der Waals surface area contributed by atoms with Gasteiger partial charge in [0, 0.05) is 36.7 Å². The molecule has 0 unspecified atom stereocenters. The van der Waals surface area contributed by atoms with Crippen molar-refractivity contribution in [3.8, 4) is 0 Å². The minimum absolute atomic E-state index is 0. The van der Waals surface area contributed by atoms with Gasteiger partial charge in [0.25, 0.3) is 0 Å². The zero-order chi connectivity index (χ0) is 17.0. The Labute approximate surface area is 169 Å². The van der Waals surface area contributed by atoms with E-state index < -0.39 is 0 Å². The highest BCUT2D eigenvalue weighted by Crippen LogP contribution is 2.29. The van der Waals surface area contributed by atoms with Crippen LogP contribution in [0.5, 0.6) is 0 Å². The first kappa shape index (κ1) is 24.3. The molecule has 0 saturated carbocycles. The van der Waals surface area contributed by atoms with Gasteiger partial charge in [0.1, 0.15) is 0 Å². The Morgan fingerprint density at radius 2 is 1.88 bits per heavy atom. The molecule has 5 nitrogen and oxygen atoms in total. The zero-order valence-corrected chi connectivity index (χ0v) is 19.0. The first-order chi connectivity index (χ1) is 11.1. The first-order valence-electron chi connectivity index (χ1n) is 8.91. The lowest BCUT2D eigenvalue weighted by atomic mass is 10.2. The van der Waals surface area contributed by atoms with Crippen LogP contribution in [0.4, 0.5) is 0 Å². The maximum atomic E-state index is 5.59. The second kappa shape index (κ2) is 14.4. The highest BCUT2D eigenvalue weighted by Gasteiger charge is 2.28. The number of aliphatic imine (C=N–C) groups is 1. The molecule has 144 valence electrons. The number of hydrogen-bond donors (Lipinski definition) is 1. The van der Waals surface area contributed by atoms with Crippen molar-refractivity contribution < 1.29 is 9.47 Å². The van der Waals surface area contributed by atoms with Gasteiger partial charge < -0.3 is 19.7 Å². The molecule has 1 aliphatic heterocycles. The number of rotatable bonds is 10. The van der Waals surface area contributed by atoms with E-state index in [1.54, 1.807) is 0 Å². The number of ether oxygens (including phenoxy) is 2. The van der Waals surface area contributed by atoms with E-state index in [0.717, 1.165) is 44.4 Å². The molecule has 0 aromatic heterocycles. The van der Waals surface area contributed by atoms with Gasteiger partial charge in [-0.25, -0.2) is 0 Å². The van der Waals surface area contributed by atoms with E-state index in [0.29, 0.717) is 31.1 Å². The third-order valence-corrected chi connectivity index (χ3v) is 4.87. The van der Waals surface area contributed by atoms with Gasteiger partial charge in [0.2, 0.25) is 0 Å². The Kier molecular flexibility index (Phi) is 14.6. The van der Waals surface area contributed by atoms with Crippen molar-refractivity contribution >= 4 is 41.7 Å². The number of halogens is 1. The first-order valence-corrected chi connectivity index (χ1v) is 9.90. The van der Waals surface area contributed by atoms with E-state index in [-0.39, 0.29) is 24.0 Å². The maximum absolute atomic E-state index is 5.59. The molecular weight excluding hydrogens is 437 g/mol. The molecule has 0 bridgehead atoms. The fourth-order valence-electron chi connectivity index (χ4n) is 2.41. The van der Waals surface area contributed by atoms with Gasteiger partial charge in [-0.3, -0.25) is 4.99 Å². The number of hydrogen-bond acceptors (Lipinski definition) is 4. The lowest BCUT2D eigenvalue weighted by Gasteiger charge is -2.39. The van der Waals surface area contributed by atoms with Crippen LogP contribution in [-0.2, 0) is 9.47 Å². The van der Waals surface area contributed by atoms with Crippen LogP contribution in [0.2, 0.25) is 0 Å². The molecule has 0 spiro atoms. The van der Waals surface area contributed by atoms with Crippen molar-refractivity contribution in [1.82, 2.24) is 10.2 Å². The summed E-state index contributed by atoms with van der Waals surface area (Å²) in [4.78, 5) is 7.08. The SMILES string of the molecule is CCCCOCCOCCN=C(NCC)N1CCSC(C)(C)C1.I. The molecule has 1 saturated heterocycles. The molecule has 1 fully saturated rings. The topological polar surface area (TPSA) is 46.1 Å². The van der Waals surface area contributed by atoms with Crippen LogP contribution >= 0.6 is 35.7 Å². The van der Waals surface area contributed by atoms with E-state index >= 15 is 0 Å². The summed E-state index contributed by atoms with van der Waals surface area (Å²) in [5, 5.41) is 3.40. The number of unbranched alkanes of at least 4 members (excludes halogenated alkanes) is 1. The molecule has 0 atom stereocenters. The van der Waals surface area contributed by atoms with Crippen molar-refractivity contribution in [2.75, 3.05) is 58.4 Å². The minimum Gasteiger partial charge on any atom is -0.379 e. The van der Waals surface area contributed by atoms with Gasteiger partial charge in [-0.15, -0.1) is 24.0 Å². The van der Waals surface area contributed by atoms with Crippen LogP contribution in [0.15, 0.2) is 4.99 Å². The minimum atomic E-state index is 0. The Balaban J connectivity index is 0.00000529. The van der Waals surface area contributed by atoms with Gasteiger partial charge >= 0.3 is 0 Å². The Bertz CT molecular complexity index is 344. The van der Waals surface area contributed by atoms with Crippen LogP contribution in [0.25, 0.3) is 0 Å². The fraction of sp³-hybridized carbons (Fsp3) is 0.941. The lowest BCUT2D eigenvalue weighted by Crippen LogP contribution is -2.51. The molecule has 0 aromatic rings. The van der Waals surface area contributed by atoms with Crippen LogP contribution in [-0.4, -0.2) is 74.0 Å². The summed E-state index contributed by atoms with van der Waals surface area (Å²) in [7, 11) is 0. The van der Waals surface area contributed by atoms with Gasteiger partial charge in [0.05, 0.1) is 26.4 Å². The largest absolute Gasteiger partial charge is 0.379 e. The molecule has 0 aromatic carbocycles. The quantitative estimate of drug-likeness (QED) is 0.229. The van der Waals surface area contributed by atoms with E-state index in [1.165, 1.54) is 6.42 Å². The van der Waals surface area contributed by atoms with Crippen molar-refractivity contribution in [2.45, 2.75) is 45.3 Å². The predicted molar refractivity (Wildman–Crippen MR) is 116 cm³/mol. The molecule has 1 heterocycles. The predicted octanol–water partition coefficient (Wildman–Crippen LogP) is 3.23. The summed E-state index contributed by atoms with van der Waals surface area (Å²) >= 11 is 2.04. The van der Waals surface area contributed by atoms with E-state index in [9.17, 15) is 0 Å². The summed E-state index contributed by atoms with van der Waals surface area (Å²) in [6.07, 6.45) is 2.30. The smallest absolute Gasteiger partial charge is 0.194 e. The Hall–Kier alpha value is 0.270. The second-order valence-electron chi connectivity index (χ2n) is 6.34. The molecule has 24 heavy (non-hydrogen) atoms. The highest BCUT2D eigenvalue weighted by atomic mass is 127. The van der Waals surface area contributed by atoms with Crippen molar-refractivity contribution in [3.63, 3.8) is 0 Å². The van der Waals surface area contributed by atoms with Crippen LogP contribution in [0.3, 0.4) is 0 Å². The Morgan fingerprint density at radius 1 is 1.17 bits per heavy atom. The molecule has 0 amide bonds. The lowest BCUT2D eigenvalue weighted by molar-refractivity contribution is 0.0497. The van der Waals surface area contributed by atoms with Gasteiger partial charge in [-0.2, -0.15) is 11.8 Å². The monoisotopic (exact) mass is 473 g/mol. The average Bonchev–Trinajstić information content (AvgIpc) is 2.51. The van der Waals surface area contributed by atoms with Gasteiger partial charge in [-0.05, 0) is 27.2 Å². The van der Waals surface area contributed by atoms with Crippen molar-refractivity contribution in [1.29, 1.82) is 0 Å². The van der Waals surface area contributed by atoms with Crippen molar-refractivity contribution in [2.24, 2.45) is 4.99 Å². The second-order valence-corrected chi connectivity index (χ2v) is 8.15. The standard InChI is InChI=1S/C17H35N3O2S.HI/c1-5-7-10-21-12-13-22-11-8-19-16(18-6-2)20-9-14-23-17(3,4)15-20;/h5-15H2,1-4H3,(H,18,19);1H. The Morgan fingerprint density at radius 3 is 2.50 bits per heavy atom. The van der Waals surface area contributed by atoms with Crippen LogP contribution in [0.1, 0.15) is 40.5 Å². The van der Waals surface area contributed by atoms with Crippen molar-refractivity contribution in [3.05, 3.63) is 0 Å². The average molecular weight is 473 g/mol. The molecule has 7 heteroatoms. The zero-order valence-electron chi connectivity index (χ0n) is 15.8. The summed E-state index contributed by atoms with van der Waals surface area (Å²) < 4.78 is 11.4. The summed E-state index contributed by atoms with van der Waals surface area (Å²) in [5.41, 5.74) is 0. The summed E-state index contributed by atoms with van der Waals surface area (Å²) in [6.45, 7) is 15.4. The maximum Gasteiger partial charge on any atom is 0.194 e. The fourth-order valence-corrected chi connectivity index (χ4v) is 3.52. The highest BCUT2D eigenvalue weighted by molar-refractivity contribution is 14.0. The molecular formula is C17H36IN3O2S. The molecule has 0 aliphatic carbocycles. The van der Waals surface area contributed by atoms with Gasteiger partial charge in [0.15, 0.2) is 5.96 Å². The summed E-state index contributed by atoms with van der Waals surface area (Å²) in [6, 6.07) is 0. The number of nitrogens with one attached hydrogen (secondary N) is 1. The van der Waals surface area contributed by atoms with E-state index in [2.05, 4.69) is 37.9 Å². The van der Waals surface area contributed by atoms with Crippen LogP contribution in [0, 0.1) is 0 Å². The van der Waals surface area contributed by atoms with E-state index in [4.69, 9.17) is 14.5 Å². The molecule has 1 aliphatic rings. The molecule has 1 rings (SSSR count).